The maximum absolute atomic E-state index is 10.6. The summed E-state index contributed by atoms with van der Waals surface area (Å²) in [6.45, 7) is 0. The fraction of sp³-hybridized carbons (Fsp3) is 0. The summed E-state index contributed by atoms with van der Waals surface area (Å²) in [4.78, 5) is 15.2. The van der Waals surface area contributed by atoms with E-state index in [1.54, 1.807) is 18.3 Å². The van der Waals surface area contributed by atoms with Gasteiger partial charge in [0.15, 0.2) is 5.69 Å². The van der Waals surface area contributed by atoms with Crippen molar-refractivity contribution in [1.82, 2.24) is 9.36 Å². The van der Waals surface area contributed by atoms with E-state index in [1.807, 2.05) is 0 Å². The molecule has 1 N–H and O–H groups in total. The van der Waals surface area contributed by atoms with Gasteiger partial charge in [-0.15, -0.1) is 0 Å². The maximum Gasteiger partial charge on any atom is 0.356 e. The maximum atomic E-state index is 10.6. The Kier molecular flexibility index (Phi) is 1.51. The number of hydrogen-bond donors (Lipinski definition) is 1. The molecule has 2 aromatic rings. The van der Waals surface area contributed by atoms with Crippen LogP contribution in [0.1, 0.15) is 10.5 Å². The highest BCUT2D eigenvalue weighted by molar-refractivity contribution is 7.13. The number of aromatic carboxylic acids is 1. The molecule has 0 bridgehead atoms. The number of rotatable bonds is 1. The quantitative estimate of drug-likeness (QED) is 0.720. The summed E-state index contributed by atoms with van der Waals surface area (Å²) in [5, 5.41) is 9.29. The van der Waals surface area contributed by atoms with E-state index in [2.05, 4.69) is 9.36 Å². The van der Waals surface area contributed by atoms with Crippen molar-refractivity contribution in [3.05, 3.63) is 24.0 Å². The molecule has 0 radical (unpaired) electrons. The van der Waals surface area contributed by atoms with Crippen molar-refractivity contribution in [3.63, 3.8) is 0 Å². The molecule has 12 heavy (non-hydrogen) atoms. The summed E-state index contributed by atoms with van der Waals surface area (Å²) in [6, 6.07) is 3.40. The van der Waals surface area contributed by atoms with E-state index >= 15 is 0 Å². The number of pyridine rings is 1. The number of carboxylic acid groups (broad SMARTS) is 1. The summed E-state index contributed by atoms with van der Waals surface area (Å²) >= 11 is 1.10. The minimum absolute atomic E-state index is 0.0862. The average Bonchev–Trinajstić information content (AvgIpc) is 2.47. The topological polar surface area (TPSA) is 63.1 Å². The number of hydrogen-bond acceptors (Lipinski definition) is 4. The van der Waals surface area contributed by atoms with Crippen LogP contribution in [-0.2, 0) is 0 Å². The number of carboxylic acids is 1. The molecule has 0 spiro atoms. The second-order valence-corrected chi connectivity index (χ2v) is 2.94. The summed E-state index contributed by atoms with van der Waals surface area (Å²) in [5.41, 5.74) is 0.0862. The molecule has 0 saturated carbocycles. The van der Waals surface area contributed by atoms with Gasteiger partial charge >= 0.3 is 5.97 Å². The Morgan fingerprint density at radius 1 is 1.58 bits per heavy atom. The number of fused-ring (bicyclic) bond motifs is 1. The predicted molar refractivity (Wildman–Crippen MR) is 44.4 cm³/mol. The molecule has 60 valence electrons. The van der Waals surface area contributed by atoms with Crippen LogP contribution >= 0.6 is 11.5 Å². The van der Waals surface area contributed by atoms with Crippen molar-refractivity contribution in [3.8, 4) is 0 Å². The molecule has 5 heteroatoms. The lowest BCUT2D eigenvalue weighted by molar-refractivity contribution is 0.0694. The molecule has 4 nitrogen and oxygen atoms in total. The Balaban J connectivity index is 2.79. The van der Waals surface area contributed by atoms with Crippen LogP contribution in [0.5, 0.6) is 0 Å². The van der Waals surface area contributed by atoms with E-state index in [0.29, 0.717) is 10.2 Å². The van der Waals surface area contributed by atoms with E-state index in [9.17, 15) is 4.79 Å². The number of nitrogens with zero attached hydrogens (tertiary/aromatic N) is 2. The van der Waals surface area contributed by atoms with Crippen molar-refractivity contribution in [2.45, 2.75) is 0 Å². The van der Waals surface area contributed by atoms with Crippen LogP contribution in [0.3, 0.4) is 0 Å². The second-order valence-electron chi connectivity index (χ2n) is 2.19. The first-order valence-electron chi connectivity index (χ1n) is 3.23. The smallest absolute Gasteiger partial charge is 0.356 e. The van der Waals surface area contributed by atoms with Gasteiger partial charge in [0.1, 0.15) is 4.83 Å². The van der Waals surface area contributed by atoms with Gasteiger partial charge in [-0.05, 0) is 23.7 Å². The lowest BCUT2D eigenvalue weighted by Crippen LogP contribution is -1.95. The zero-order chi connectivity index (χ0) is 8.55. The van der Waals surface area contributed by atoms with Gasteiger partial charge in [-0.2, -0.15) is 4.37 Å². The lowest BCUT2D eigenvalue weighted by atomic mass is 10.3. The molecular weight excluding hydrogens is 176 g/mol. The normalized spacial score (nSPS) is 10.3. The van der Waals surface area contributed by atoms with Gasteiger partial charge in [-0.25, -0.2) is 9.78 Å². The molecule has 0 fully saturated rings. The number of aromatic nitrogens is 2. The Labute approximate surface area is 71.7 Å². The van der Waals surface area contributed by atoms with E-state index in [-0.39, 0.29) is 5.69 Å². The first kappa shape index (κ1) is 7.17. The molecule has 0 aliphatic rings. The Morgan fingerprint density at radius 3 is 3.17 bits per heavy atom. The molecule has 0 aliphatic heterocycles. The van der Waals surface area contributed by atoms with Crippen LogP contribution in [-0.4, -0.2) is 20.4 Å². The van der Waals surface area contributed by atoms with E-state index in [0.717, 1.165) is 11.5 Å². The molecule has 2 heterocycles. The lowest BCUT2D eigenvalue weighted by Gasteiger charge is -1.86. The van der Waals surface area contributed by atoms with Gasteiger partial charge in [-0.3, -0.25) is 0 Å². The Hall–Kier alpha value is -1.49. The van der Waals surface area contributed by atoms with E-state index < -0.39 is 5.97 Å². The molecule has 0 saturated heterocycles. The third-order valence-electron chi connectivity index (χ3n) is 1.45. The van der Waals surface area contributed by atoms with Crippen LogP contribution in [0.25, 0.3) is 10.2 Å². The van der Waals surface area contributed by atoms with Crippen LogP contribution in [0.15, 0.2) is 18.3 Å². The van der Waals surface area contributed by atoms with Gasteiger partial charge in [0.2, 0.25) is 0 Å². The predicted octanol–water partition coefficient (Wildman–Crippen LogP) is 1.39. The van der Waals surface area contributed by atoms with Crippen molar-refractivity contribution in [2.24, 2.45) is 0 Å². The van der Waals surface area contributed by atoms with Crippen molar-refractivity contribution in [1.29, 1.82) is 0 Å². The fourth-order valence-electron chi connectivity index (χ4n) is 0.936. The average molecular weight is 180 g/mol. The minimum Gasteiger partial charge on any atom is -0.476 e. The van der Waals surface area contributed by atoms with Crippen LogP contribution in [0.2, 0.25) is 0 Å². The van der Waals surface area contributed by atoms with Crippen molar-refractivity contribution < 1.29 is 9.90 Å². The van der Waals surface area contributed by atoms with E-state index in [1.165, 1.54) is 0 Å². The molecule has 0 aliphatic carbocycles. The molecule has 2 rings (SSSR count). The zero-order valence-corrected chi connectivity index (χ0v) is 6.71. The van der Waals surface area contributed by atoms with Gasteiger partial charge in [0.25, 0.3) is 0 Å². The molecule has 0 atom stereocenters. The minimum atomic E-state index is -1.01. The fourth-order valence-corrected chi connectivity index (χ4v) is 1.66. The van der Waals surface area contributed by atoms with Crippen LogP contribution in [0.4, 0.5) is 0 Å². The van der Waals surface area contributed by atoms with Crippen molar-refractivity contribution in [2.75, 3.05) is 0 Å². The van der Waals surface area contributed by atoms with Gasteiger partial charge < -0.3 is 5.11 Å². The van der Waals surface area contributed by atoms with Gasteiger partial charge in [-0.1, -0.05) is 0 Å². The second kappa shape index (κ2) is 2.53. The summed E-state index contributed by atoms with van der Waals surface area (Å²) in [6.07, 6.45) is 1.62. The highest BCUT2D eigenvalue weighted by Gasteiger charge is 2.12. The summed E-state index contributed by atoms with van der Waals surface area (Å²) < 4.78 is 3.77. The van der Waals surface area contributed by atoms with Crippen molar-refractivity contribution >= 4 is 27.7 Å². The largest absolute Gasteiger partial charge is 0.476 e. The Bertz CT molecular complexity index is 438. The highest BCUT2D eigenvalue weighted by atomic mass is 32.1. The van der Waals surface area contributed by atoms with Gasteiger partial charge in [0.05, 0.1) is 0 Å². The highest BCUT2D eigenvalue weighted by Crippen LogP contribution is 2.19. The van der Waals surface area contributed by atoms with E-state index in [4.69, 9.17) is 5.11 Å². The summed E-state index contributed by atoms with van der Waals surface area (Å²) in [5.74, 6) is -1.01. The molecule has 0 amide bonds. The standard InChI is InChI=1S/C7H4N2O2S/c10-7(11)5-4-2-1-3-8-6(4)12-9-5/h1-3H,(H,10,11). The molecule has 2 aromatic heterocycles. The SMILES string of the molecule is O=C(O)c1nsc2ncccc12. The number of carbonyl (C=O) groups is 1. The first-order chi connectivity index (χ1) is 5.79. The van der Waals surface area contributed by atoms with Crippen LogP contribution in [0, 0.1) is 0 Å². The van der Waals surface area contributed by atoms with Crippen LogP contribution < -0.4 is 0 Å². The summed E-state index contributed by atoms with van der Waals surface area (Å²) in [7, 11) is 0. The third kappa shape index (κ3) is 0.947. The zero-order valence-electron chi connectivity index (χ0n) is 5.89. The third-order valence-corrected chi connectivity index (χ3v) is 2.22. The molecule has 0 aromatic carbocycles. The monoisotopic (exact) mass is 180 g/mol. The Morgan fingerprint density at radius 2 is 2.42 bits per heavy atom. The molecule has 0 unspecified atom stereocenters. The molecular formula is C7H4N2O2S. The van der Waals surface area contributed by atoms with Gasteiger partial charge in [0, 0.05) is 11.6 Å². The first-order valence-corrected chi connectivity index (χ1v) is 4.00.